The molecule has 0 radical (unpaired) electrons. The highest BCUT2D eigenvalue weighted by atomic mass is 16.4. The highest BCUT2D eigenvalue weighted by Crippen LogP contribution is 2.27. The molecule has 2 rings (SSSR count). The molecule has 3 atom stereocenters. The van der Waals surface area contributed by atoms with Crippen LogP contribution in [0.15, 0.2) is 22.8 Å². The van der Waals surface area contributed by atoms with Crippen molar-refractivity contribution in [3.05, 3.63) is 24.2 Å². The number of rotatable bonds is 5. The van der Waals surface area contributed by atoms with Crippen molar-refractivity contribution in [2.45, 2.75) is 38.7 Å². The SMILES string of the molecule is CC1CCCC(CNC(=O)NCC(O)c2ccco2)C1. The molecule has 0 spiro atoms. The lowest BCUT2D eigenvalue weighted by Gasteiger charge is -2.26. The van der Waals surface area contributed by atoms with Gasteiger partial charge in [0.25, 0.3) is 0 Å². The smallest absolute Gasteiger partial charge is 0.314 e. The van der Waals surface area contributed by atoms with Crippen LogP contribution in [0.1, 0.15) is 44.5 Å². The van der Waals surface area contributed by atoms with Gasteiger partial charge in [0.1, 0.15) is 11.9 Å². The van der Waals surface area contributed by atoms with E-state index in [0.717, 1.165) is 5.92 Å². The summed E-state index contributed by atoms with van der Waals surface area (Å²) in [6.07, 6.45) is 5.65. The Morgan fingerprint density at radius 2 is 2.35 bits per heavy atom. The van der Waals surface area contributed by atoms with Gasteiger partial charge < -0.3 is 20.2 Å². The number of carbonyl (C=O) groups excluding carboxylic acids is 1. The summed E-state index contributed by atoms with van der Waals surface area (Å²) in [5.74, 6) is 1.81. The minimum Gasteiger partial charge on any atom is -0.467 e. The molecule has 5 nitrogen and oxygen atoms in total. The summed E-state index contributed by atoms with van der Waals surface area (Å²) in [4.78, 5) is 11.7. The summed E-state index contributed by atoms with van der Waals surface area (Å²) in [6, 6.07) is 3.17. The van der Waals surface area contributed by atoms with E-state index in [9.17, 15) is 9.90 Å². The third-order valence-electron chi connectivity index (χ3n) is 3.92. The van der Waals surface area contributed by atoms with Gasteiger partial charge in [-0.25, -0.2) is 4.79 Å². The first-order valence-electron chi connectivity index (χ1n) is 7.38. The molecule has 1 aliphatic rings. The van der Waals surface area contributed by atoms with Gasteiger partial charge in [0.15, 0.2) is 0 Å². The summed E-state index contributed by atoms with van der Waals surface area (Å²) >= 11 is 0. The lowest BCUT2D eigenvalue weighted by atomic mass is 9.82. The molecule has 1 aromatic heterocycles. The van der Waals surface area contributed by atoms with Gasteiger partial charge in [0, 0.05) is 6.54 Å². The van der Waals surface area contributed by atoms with Crippen molar-refractivity contribution in [1.82, 2.24) is 10.6 Å². The second kappa shape index (κ2) is 7.33. The molecule has 1 aliphatic carbocycles. The molecule has 0 bridgehead atoms. The van der Waals surface area contributed by atoms with E-state index in [1.54, 1.807) is 12.1 Å². The average molecular weight is 280 g/mol. The third-order valence-corrected chi connectivity index (χ3v) is 3.92. The molecule has 1 heterocycles. The highest BCUT2D eigenvalue weighted by Gasteiger charge is 2.19. The van der Waals surface area contributed by atoms with E-state index >= 15 is 0 Å². The number of furan rings is 1. The van der Waals surface area contributed by atoms with Crippen LogP contribution in [0.25, 0.3) is 0 Å². The van der Waals surface area contributed by atoms with Gasteiger partial charge in [-0.1, -0.05) is 19.8 Å². The topological polar surface area (TPSA) is 74.5 Å². The lowest BCUT2D eigenvalue weighted by molar-refractivity contribution is 0.147. The number of aliphatic hydroxyl groups excluding tert-OH is 1. The zero-order valence-corrected chi connectivity index (χ0v) is 12.0. The molecular weight excluding hydrogens is 256 g/mol. The maximum Gasteiger partial charge on any atom is 0.314 e. The largest absolute Gasteiger partial charge is 0.467 e. The van der Waals surface area contributed by atoms with E-state index in [1.807, 2.05) is 0 Å². The Bertz CT molecular complexity index is 405. The van der Waals surface area contributed by atoms with Gasteiger partial charge in [-0.05, 0) is 36.8 Å². The molecule has 1 aromatic rings. The van der Waals surface area contributed by atoms with Crippen molar-refractivity contribution in [3.8, 4) is 0 Å². The maximum atomic E-state index is 11.7. The number of aliphatic hydroxyl groups is 1. The molecule has 3 N–H and O–H groups in total. The predicted octanol–water partition coefficient (Wildman–Crippen LogP) is 2.44. The maximum absolute atomic E-state index is 11.7. The van der Waals surface area contributed by atoms with Gasteiger partial charge in [-0.2, -0.15) is 0 Å². The Kier molecular flexibility index (Phi) is 5.47. The number of carbonyl (C=O) groups is 1. The Morgan fingerprint density at radius 3 is 3.05 bits per heavy atom. The number of hydrogen-bond acceptors (Lipinski definition) is 3. The standard InChI is InChI=1S/C15H24N2O3/c1-11-4-2-5-12(8-11)9-16-15(19)17-10-13(18)14-6-3-7-20-14/h3,6-7,11-13,18H,2,4-5,8-10H2,1H3,(H2,16,17,19). The fraction of sp³-hybridized carbons (Fsp3) is 0.667. The van der Waals surface area contributed by atoms with Crippen LogP contribution in [-0.2, 0) is 0 Å². The van der Waals surface area contributed by atoms with Gasteiger partial charge >= 0.3 is 6.03 Å². The first-order chi connectivity index (χ1) is 9.65. The summed E-state index contributed by atoms with van der Waals surface area (Å²) in [5.41, 5.74) is 0. The minimum absolute atomic E-state index is 0.153. The van der Waals surface area contributed by atoms with Crippen molar-refractivity contribution in [1.29, 1.82) is 0 Å². The van der Waals surface area contributed by atoms with Crippen molar-refractivity contribution in [2.24, 2.45) is 11.8 Å². The van der Waals surface area contributed by atoms with Crippen LogP contribution in [0.2, 0.25) is 0 Å². The van der Waals surface area contributed by atoms with Crippen LogP contribution in [0.3, 0.4) is 0 Å². The second-order valence-electron chi connectivity index (χ2n) is 5.76. The Balaban J connectivity index is 1.63. The average Bonchev–Trinajstić information content (AvgIpc) is 2.97. The van der Waals surface area contributed by atoms with Crippen LogP contribution < -0.4 is 10.6 Å². The molecule has 0 aromatic carbocycles. The van der Waals surface area contributed by atoms with Crippen molar-refractivity contribution in [2.75, 3.05) is 13.1 Å². The summed E-state index contributed by atoms with van der Waals surface area (Å²) in [5, 5.41) is 15.3. The van der Waals surface area contributed by atoms with Gasteiger partial charge in [-0.15, -0.1) is 0 Å². The first-order valence-corrected chi connectivity index (χ1v) is 7.38. The fourth-order valence-corrected chi connectivity index (χ4v) is 2.82. The summed E-state index contributed by atoms with van der Waals surface area (Å²) in [6.45, 7) is 3.14. The van der Waals surface area contributed by atoms with E-state index in [2.05, 4.69) is 17.6 Å². The van der Waals surface area contributed by atoms with Gasteiger partial charge in [0.2, 0.25) is 0 Å². The molecule has 1 saturated carbocycles. The zero-order valence-electron chi connectivity index (χ0n) is 12.0. The van der Waals surface area contributed by atoms with Gasteiger partial charge in [0.05, 0.1) is 12.8 Å². The van der Waals surface area contributed by atoms with Crippen LogP contribution in [0.5, 0.6) is 0 Å². The number of hydrogen-bond donors (Lipinski definition) is 3. The number of urea groups is 1. The Hall–Kier alpha value is -1.49. The quantitative estimate of drug-likeness (QED) is 0.775. The zero-order chi connectivity index (χ0) is 14.4. The molecule has 3 unspecified atom stereocenters. The lowest BCUT2D eigenvalue weighted by Crippen LogP contribution is -2.40. The molecule has 20 heavy (non-hydrogen) atoms. The molecule has 0 saturated heterocycles. The molecule has 0 aliphatic heterocycles. The van der Waals surface area contributed by atoms with E-state index in [1.165, 1.54) is 31.9 Å². The third kappa shape index (κ3) is 4.56. The summed E-state index contributed by atoms with van der Waals surface area (Å²) < 4.78 is 5.07. The minimum atomic E-state index is -0.801. The van der Waals surface area contributed by atoms with Crippen LogP contribution >= 0.6 is 0 Å². The number of nitrogens with one attached hydrogen (secondary N) is 2. The second-order valence-corrected chi connectivity index (χ2v) is 5.76. The monoisotopic (exact) mass is 280 g/mol. The van der Waals surface area contributed by atoms with Crippen molar-refractivity contribution in [3.63, 3.8) is 0 Å². The van der Waals surface area contributed by atoms with Crippen LogP contribution in [0.4, 0.5) is 4.79 Å². The van der Waals surface area contributed by atoms with Crippen LogP contribution in [0, 0.1) is 11.8 Å². The molecule has 5 heteroatoms. The normalized spacial score (nSPS) is 24.1. The van der Waals surface area contributed by atoms with Crippen LogP contribution in [-0.4, -0.2) is 24.2 Å². The fourth-order valence-electron chi connectivity index (χ4n) is 2.82. The molecule has 2 amide bonds. The van der Waals surface area contributed by atoms with E-state index < -0.39 is 6.10 Å². The molecule has 1 fully saturated rings. The van der Waals surface area contributed by atoms with E-state index in [0.29, 0.717) is 18.2 Å². The molecular formula is C15H24N2O3. The summed E-state index contributed by atoms with van der Waals surface area (Å²) in [7, 11) is 0. The van der Waals surface area contributed by atoms with E-state index in [4.69, 9.17) is 4.42 Å². The first kappa shape index (κ1) is 14.9. The molecule has 112 valence electrons. The highest BCUT2D eigenvalue weighted by molar-refractivity contribution is 5.73. The van der Waals surface area contributed by atoms with Crippen molar-refractivity contribution < 1.29 is 14.3 Å². The van der Waals surface area contributed by atoms with Crippen molar-refractivity contribution >= 4 is 6.03 Å². The van der Waals surface area contributed by atoms with E-state index in [-0.39, 0.29) is 12.6 Å². The Morgan fingerprint density at radius 1 is 1.50 bits per heavy atom. The predicted molar refractivity (Wildman–Crippen MR) is 76.2 cm³/mol. The Labute approximate surface area is 119 Å². The van der Waals surface area contributed by atoms with Gasteiger partial charge in [-0.3, -0.25) is 0 Å². The number of amides is 2.